The van der Waals surface area contributed by atoms with Gasteiger partial charge in [0.25, 0.3) is 0 Å². The monoisotopic (exact) mass is 432 g/mol. The maximum absolute atomic E-state index is 13.8. The number of halogens is 1. The summed E-state index contributed by atoms with van der Waals surface area (Å²) in [7, 11) is 4.70. The first-order chi connectivity index (χ1) is 15.5. The number of fused-ring (bicyclic) bond motifs is 1. The van der Waals surface area contributed by atoms with Crippen molar-refractivity contribution in [1.82, 2.24) is 0 Å². The third-order valence-corrected chi connectivity index (χ3v) is 5.07. The highest BCUT2D eigenvalue weighted by molar-refractivity contribution is 5.86. The minimum atomic E-state index is -0.487. The van der Waals surface area contributed by atoms with Gasteiger partial charge in [0.1, 0.15) is 34.4 Å². The van der Waals surface area contributed by atoms with Gasteiger partial charge in [-0.3, -0.25) is 4.79 Å². The van der Waals surface area contributed by atoms with E-state index in [1.54, 1.807) is 20.3 Å². The van der Waals surface area contributed by atoms with Crippen molar-refractivity contribution in [2.75, 3.05) is 21.3 Å². The number of hydrogen-bond donors (Lipinski definition) is 0. The van der Waals surface area contributed by atoms with Crippen molar-refractivity contribution in [3.05, 3.63) is 87.8 Å². The number of benzene rings is 3. The highest BCUT2D eigenvalue weighted by Crippen LogP contribution is 2.38. The summed E-state index contributed by atoms with van der Waals surface area (Å²) in [4.78, 5) is 12.7. The molecule has 0 saturated carbocycles. The molecule has 1 aromatic heterocycles. The molecule has 0 N–H and O–H groups in total. The van der Waals surface area contributed by atoms with Gasteiger partial charge in [0.05, 0.1) is 32.3 Å². The molecule has 0 bridgehead atoms. The fraction of sp³-hybridized carbons (Fsp3) is 0.115. The van der Waals surface area contributed by atoms with Gasteiger partial charge in [0.15, 0.2) is 5.43 Å². The molecule has 32 heavy (non-hydrogen) atoms. The van der Waals surface area contributed by atoms with Crippen LogP contribution < -0.4 is 19.6 Å². The van der Waals surface area contributed by atoms with E-state index in [2.05, 4.69) is 0 Å². The maximum Gasteiger partial charge on any atom is 0.193 e. The van der Waals surface area contributed by atoms with E-state index >= 15 is 0 Å². The van der Waals surface area contributed by atoms with Crippen LogP contribution in [-0.2, 0) is 0 Å². The molecule has 6 heteroatoms. The van der Waals surface area contributed by atoms with Crippen LogP contribution in [0.5, 0.6) is 17.2 Å². The van der Waals surface area contributed by atoms with Crippen molar-refractivity contribution in [2.45, 2.75) is 0 Å². The lowest BCUT2D eigenvalue weighted by Crippen LogP contribution is -2.02. The molecule has 0 aliphatic carbocycles. The zero-order valence-corrected chi connectivity index (χ0v) is 17.8. The summed E-state index contributed by atoms with van der Waals surface area (Å²) < 4.78 is 35.9. The van der Waals surface area contributed by atoms with E-state index in [1.807, 2.05) is 42.5 Å². The predicted molar refractivity (Wildman–Crippen MR) is 123 cm³/mol. The molecule has 0 spiro atoms. The molecule has 0 amide bonds. The largest absolute Gasteiger partial charge is 0.497 e. The van der Waals surface area contributed by atoms with Gasteiger partial charge in [0.2, 0.25) is 0 Å². The van der Waals surface area contributed by atoms with Gasteiger partial charge in [-0.05, 0) is 41.5 Å². The summed E-state index contributed by atoms with van der Waals surface area (Å²) in [5, 5.41) is 0.304. The summed E-state index contributed by atoms with van der Waals surface area (Å²) in [5.41, 5.74) is 2.09. The third-order valence-electron chi connectivity index (χ3n) is 5.07. The molecule has 1 heterocycles. The first kappa shape index (κ1) is 21.2. The molecule has 0 radical (unpaired) electrons. The maximum atomic E-state index is 13.8. The van der Waals surface area contributed by atoms with Crippen LogP contribution in [0.4, 0.5) is 4.39 Å². The van der Waals surface area contributed by atoms with Crippen LogP contribution in [0, 0.1) is 5.82 Å². The fourth-order valence-corrected chi connectivity index (χ4v) is 3.44. The Labute approximate surface area is 184 Å². The van der Waals surface area contributed by atoms with Crippen molar-refractivity contribution in [3.8, 4) is 28.6 Å². The number of methoxy groups -OCH3 is 3. The quantitative estimate of drug-likeness (QED) is 0.361. The van der Waals surface area contributed by atoms with E-state index in [0.717, 1.165) is 11.3 Å². The van der Waals surface area contributed by atoms with Crippen LogP contribution in [0.3, 0.4) is 0 Å². The molecule has 0 aliphatic rings. The first-order valence-electron chi connectivity index (χ1n) is 9.84. The molecule has 3 aromatic carbocycles. The Morgan fingerprint density at radius 1 is 0.812 bits per heavy atom. The van der Waals surface area contributed by atoms with Crippen LogP contribution in [0.2, 0.25) is 0 Å². The Balaban J connectivity index is 1.90. The summed E-state index contributed by atoms with van der Waals surface area (Å²) in [6.45, 7) is 0. The van der Waals surface area contributed by atoms with Gasteiger partial charge in [0, 0.05) is 18.2 Å². The number of rotatable bonds is 6. The lowest BCUT2D eigenvalue weighted by Gasteiger charge is -2.14. The standard InChI is InChI=1S/C26H21FO5/c1-29-19-9-5-16(6-10-19)4-7-17-12-20(30-2)14-24(31-3)26(17)25-15-22(28)21-11-8-18(27)13-23(21)32-25/h4-15H,1-3H3. The van der Waals surface area contributed by atoms with E-state index in [1.165, 1.54) is 31.4 Å². The molecule has 4 rings (SSSR count). The molecule has 4 aromatic rings. The van der Waals surface area contributed by atoms with Crippen LogP contribution >= 0.6 is 0 Å². The molecule has 0 fully saturated rings. The van der Waals surface area contributed by atoms with Crippen LogP contribution in [0.1, 0.15) is 11.1 Å². The number of hydrogen-bond acceptors (Lipinski definition) is 5. The fourth-order valence-electron chi connectivity index (χ4n) is 3.44. The van der Waals surface area contributed by atoms with Crippen LogP contribution in [0.15, 0.2) is 69.9 Å². The second-order valence-corrected chi connectivity index (χ2v) is 7.02. The van der Waals surface area contributed by atoms with Gasteiger partial charge in [-0.2, -0.15) is 0 Å². The van der Waals surface area contributed by atoms with E-state index in [4.69, 9.17) is 18.6 Å². The molecule has 0 saturated heterocycles. The summed E-state index contributed by atoms with van der Waals surface area (Å²) in [5.74, 6) is 1.57. The summed E-state index contributed by atoms with van der Waals surface area (Å²) in [6, 6.07) is 16.3. The lowest BCUT2D eigenvalue weighted by atomic mass is 10.0. The summed E-state index contributed by atoms with van der Waals surface area (Å²) >= 11 is 0. The van der Waals surface area contributed by atoms with Gasteiger partial charge < -0.3 is 18.6 Å². The van der Waals surface area contributed by atoms with E-state index in [9.17, 15) is 9.18 Å². The predicted octanol–water partition coefficient (Wildman–Crippen LogP) is 5.80. The van der Waals surface area contributed by atoms with Gasteiger partial charge in [-0.15, -0.1) is 0 Å². The van der Waals surface area contributed by atoms with Crippen molar-refractivity contribution < 1.29 is 23.0 Å². The minimum Gasteiger partial charge on any atom is -0.497 e. The molecular weight excluding hydrogens is 411 g/mol. The van der Waals surface area contributed by atoms with E-state index in [-0.39, 0.29) is 16.8 Å². The lowest BCUT2D eigenvalue weighted by molar-refractivity contribution is 0.394. The van der Waals surface area contributed by atoms with Crippen LogP contribution in [0.25, 0.3) is 34.4 Å². The topological polar surface area (TPSA) is 57.9 Å². The van der Waals surface area contributed by atoms with Gasteiger partial charge in [-0.25, -0.2) is 4.39 Å². The smallest absolute Gasteiger partial charge is 0.193 e. The number of ether oxygens (including phenoxy) is 3. The second-order valence-electron chi connectivity index (χ2n) is 7.02. The first-order valence-corrected chi connectivity index (χ1v) is 9.84. The Morgan fingerprint density at radius 3 is 2.25 bits per heavy atom. The molecule has 0 aliphatic heterocycles. The zero-order chi connectivity index (χ0) is 22.7. The Kier molecular flexibility index (Phi) is 5.94. The Morgan fingerprint density at radius 2 is 1.56 bits per heavy atom. The van der Waals surface area contributed by atoms with Gasteiger partial charge >= 0.3 is 0 Å². The summed E-state index contributed by atoms with van der Waals surface area (Å²) in [6.07, 6.45) is 3.79. The highest BCUT2D eigenvalue weighted by Gasteiger charge is 2.17. The molecule has 5 nitrogen and oxygen atoms in total. The molecule has 0 unspecified atom stereocenters. The molecular formula is C26H21FO5. The van der Waals surface area contributed by atoms with Crippen molar-refractivity contribution >= 4 is 23.1 Å². The minimum absolute atomic E-state index is 0.162. The normalized spacial score (nSPS) is 11.1. The molecule has 162 valence electrons. The SMILES string of the molecule is COc1ccc(C=Cc2cc(OC)cc(OC)c2-c2cc(=O)c3ccc(F)cc3o2)cc1. The van der Waals surface area contributed by atoms with Crippen molar-refractivity contribution in [1.29, 1.82) is 0 Å². The van der Waals surface area contributed by atoms with E-state index < -0.39 is 5.82 Å². The van der Waals surface area contributed by atoms with Crippen molar-refractivity contribution in [3.63, 3.8) is 0 Å². The second kappa shape index (κ2) is 8.98. The van der Waals surface area contributed by atoms with E-state index in [0.29, 0.717) is 28.0 Å². The highest BCUT2D eigenvalue weighted by atomic mass is 19.1. The Bertz CT molecular complexity index is 1350. The zero-order valence-electron chi connectivity index (χ0n) is 17.8. The average molecular weight is 432 g/mol. The average Bonchev–Trinajstić information content (AvgIpc) is 2.81. The Hall–Kier alpha value is -4.06. The van der Waals surface area contributed by atoms with Crippen molar-refractivity contribution in [2.24, 2.45) is 0 Å². The van der Waals surface area contributed by atoms with Crippen LogP contribution in [-0.4, -0.2) is 21.3 Å². The molecule has 0 atom stereocenters. The van der Waals surface area contributed by atoms with Gasteiger partial charge in [-0.1, -0.05) is 24.3 Å². The third kappa shape index (κ3) is 4.21.